The zero-order valence-electron chi connectivity index (χ0n) is 16.7. The Morgan fingerprint density at radius 2 is 1.97 bits per heavy atom. The average Bonchev–Trinajstić information content (AvgIpc) is 3.21. The first-order valence-corrected chi connectivity index (χ1v) is 11.7. The molecule has 3 aromatic heterocycles. The van der Waals surface area contributed by atoms with Crippen molar-refractivity contribution in [1.82, 2.24) is 18.9 Å². The molecule has 0 atom stereocenters. The molecule has 5 rings (SSSR count). The molecule has 0 bridgehead atoms. The minimum Gasteiger partial charge on any atom is -0.486 e. The minimum atomic E-state index is -0.0994. The zero-order chi connectivity index (χ0) is 21.4. The minimum absolute atomic E-state index is 0.0994. The van der Waals surface area contributed by atoms with Crippen LogP contribution in [-0.2, 0) is 12.3 Å². The van der Waals surface area contributed by atoms with Crippen molar-refractivity contribution in [2.45, 2.75) is 24.4 Å². The highest BCUT2D eigenvalue weighted by atomic mass is 79.9. The Morgan fingerprint density at radius 1 is 1.13 bits per heavy atom. The summed E-state index contributed by atoms with van der Waals surface area (Å²) in [5.74, 6) is 2.08. The molecule has 4 heterocycles. The molecule has 0 fully saturated rings. The molecule has 158 valence electrons. The average molecular weight is 499 g/mol. The molecule has 0 saturated heterocycles. The Morgan fingerprint density at radius 3 is 2.81 bits per heavy atom. The topological polar surface area (TPSA) is 70.7 Å². The van der Waals surface area contributed by atoms with Gasteiger partial charge in [-0.3, -0.25) is 9.20 Å². The van der Waals surface area contributed by atoms with Gasteiger partial charge in [0.25, 0.3) is 5.56 Å². The van der Waals surface area contributed by atoms with Crippen LogP contribution in [0.1, 0.15) is 12.6 Å². The van der Waals surface area contributed by atoms with Crippen LogP contribution < -0.4 is 15.0 Å². The van der Waals surface area contributed by atoms with Gasteiger partial charge in [-0.25, -0.2) is 9.97 Å². The van der Waals surface area contributed by atoms with Crippen LogP contribution in [0.3, 0.4) is 0 Å². The van der Waals surface area contributed by atoms with Crippen LogP contribution in [0.2, 0.25) is 0 Å². The number of ether oxygens (including phenoxy) is 2. The number of nitrogens with zero attached hydrogens (tertiary/aromatic N) is 4. The number of hydrogen-bond acceptors (Lipinski definition) is 6. The van der Waals surface area contributed by atoms with Crippen molar-refractivity contribution in [1.29, 1.82) is 0 Å². The second-order valence-corrected chi connectivity index (χ2v) is 8.84. The van der Waals surface area contributed by atoms with Crippen molar-refractivity contribution in [2.75, 3.05) is 13.2 Å². The van der Waals surface area contributed by atoms with Crippen molar-refractivity contribution in [3.8, 4) is 22.8 Å². The first-order chi connectivity index (χ1) is 15.1. The Hall–Kier alpha value is -2.78. The maximum atomic E-state index is 12.4. The van der Waals surface area contributed by atoms with Gasteiger partial charge in [0.05, 0.1) is 17.6 Å². The van der Waals surface area contributed by atoms with Gasteiger partial charge in [0, 0.05) is 34.6 Å². The predicted octanol–water partition coefficient (Wildman–Crippen LogP) is 4.40. The molecule has 0 radical (unpaired) electrons. The van der Waals surface area contributed by atoms with E-state index in [1.807, 2.05) is 36.5 Å². The van der Waals surface area contributed by atoms with Crippen molar-refractivity contribution in [3.63, 3.8) is 0 Å². The molecule has 9 heteroatoms. The number of fused-ring (bicyclic) bond motifs is 2. The molecule has 1 aromatic carbocycles. The number of rotatable bonds is 5. The summed E-state index contributed by atoms with van der Waals surface area (Å²) in [6.45, 7) is 3.99. The maximum Gasteiger partial charge on any atom is 0.258 e. The summed E-state index contributed by atoms with van der Waals surface area (Å²) in [6, 6.07) is 11.2. The number of thioether (sulfide) groups is 1. The van der Waals surface area contributed by atoms with Gasteiger partial charge in [-0.1, -0.05) is 11.8 Å². The van der Waals surface area contributed by atoms with Gasteiger partial charge in [-0.15, -0.1) is 0 Å². The molecule has 0 amide bonds. The maximum absolute atomic E-state index is 12.4. The Bertz CT molecular complexity index is 1330. The molecule has 1 aliphatic heterocycles. The highest BCUT2D eigenvalue weighted by Gasteiger charge is 2.16. The highest BCUT2D eigenvalue weighted by Crippen LogP contribution is 2.36. The molecule has 0 unspecified atom stereocenters. The van der Waals surface area contributed by atoms with E-state index >= 15 is 0 Å². The Balaban J connectivity index is 1.41. The van der Waals surface area contributed by atoms with Crippen LogP contribution in [0.25, 0.3) is 16.9 Å². The van der Waals surface area contributed by atoms with E-state index in [0.29, 0.717) is 24.6 Å². The molecule has 0 aliphatic carbocycles. The van der Waals surface area contributed by atoms with E-state index in [-0.39, 0.29) is 5.56 Å². The fourth-order valence-corrected chi connectivity index (χ4v) is 4.82. The fraction of sp³-hybridized carbons (Fsp3) is 0.227. The van der Waals surface area contributed by atoms with Gasteiger partial charge >= 0.3 is 0 Å². The number of halogens is 1. The molecule has 4 aromatic rings. The molecule has 0 N–H and O–H groups in total. The normalized spacial score (nSPS) is 13.0. The summed E-state index contributed by atoms with van der Waals surface area (Å²) in [6.07, 6.45) is 3.60. The quantitative estimate of drug-likeness (QED) is 0.379. The van der Waals surface area contributed by atoms with Crippen molar-refractivity contribution in [3.05, 3.63) is 69.3 Å². The number of imidazole rings is 1. The van der Waals surface area contributed by atoms with Gasteiger partial charge in [0.2, 0.25) is 0 Å². The van der Waals surface area contributed by atoms with Crippen molar-refractivity contribution in [2.24, 2.45) is 0 Å². The fourth-order valence-electron chi connectivity index (χ4n) is 3.55. The van der Waals surface area contributed by atoms with Crippen LogP contribution in [0.4, 0.5) is 0 Å². The first kappa shape index (κ1) is 20.1. The lowest BCUT2D eigenvalue weighted by Gasteiger charge is -2.19. The van der Waals surface area contributed by atoms with Crippen LogP contribution in [-0.4, -0.2) is 32.1 Å². The van der Waals surface area contributed by atoms with E-state index in [2.05, 4.69) is 37.4 Å². The predicted molar refractivity (Wildman–Crippen MR) is 123 cm³/mol. The molecule has 1 aliphatic rings. The highest BCUT2D eigenvalue weighted by molar-refractivity contribution is 9.10. The molecule has 31 heavy (non-hydrogen) atoms. The lowest BCUT2D eigenvalue weighted by atomic mass is 10.1. The van der Waals surface area contributed by atoms with Crippen LogP contribution in [0.15, 0.2) is 63.2 Å². The number of aromatic nitrogens is 4. The first-order valence-electron chi connectivity index (χ1n) is 9.88. The van der Waals surface area contributed by atoms with E-state index in [9.17, 15) is 4.79 Å². The molecular formula is C22H19BrN4O3S. The second kappa shape index (κ2) is 8.39. The third-order valence-electron chi connectivity index (χ3n) is 5.00. The van der Waals surface area contributed by atoms with Crippen molar-refractivity contribution >= 4 is 33.3 Å². The molecule has 0 saturated carbocycles. The molecular weight excluding hydrogens is 480 g/mol. The van der Waals surface area contributed by atoms with Crippen LogP contribution in [0, 0.1) is 0 Å². The number of hydrogen-bond donors (Lipinski definition) is 0. The van der Waals surface area contributed by atoms with Crippen molar-refractivity contribution < 1.29 is 9.47 Å². The largest absolute Gasteiger partial charge is 0.486 e. The lowest BCUT2D eigenvalue weighted by molar-refractivity contribution is 0.171. The summed E-state index contributed by atoms with van der Waals surface area (Å²) in [5.41, 5.74) is 3.29. The van der Waals surface area contributed by atoms with Crippen LogP contribution in [0.5, 0.6) is 11.5 Å². The third kappa shape index (κ3) is 3.95. The summed E-state index contributed by atoms with van der Waals surface area (Å²) in [4.78, 5) is 21.7. The lowest BCUT2D eigenvalue weighted by Crippen LogP contribution is -2.15. The monoisotopic (exact) mass is 498 g/mol. The second-order valence-electron chi connectivity index (χ2n) is 6.98. The van der Waals surface area contributed by atoms with Gasteiger partial charge < -0.3 is 14.0 Å². The Labute approximate surface area is 191 Å². The third-order valence-corrected chi connectivity index (χ3v) is 6.49. The molecule has 7 nitrogen and oxygen atoms in total. The van der Waals surface area contributed by atoms with Gasteiger partial charge in [0.1, 0.15) is 18.9 Å². The molecule has 0 spiro atoms. The standard InChI is InChI=1S/C22H19BrN4O3S/c1-2-26-17(14-3-5-18-19(9-14)30-8-7-29-18)11-24-22(26)31-13-16-10-21(28)27-12-15(23)4-6-20(27)25-16/h3-6,9-12H,2,7-8,13H2,1H3. The smallest absolute Gasteiger partial charge is 0.258 e. The summed E-state index contributed by atoms with van der Waals surface area (Å²) in [7, 11) is 0. The number of pyridine rings is 1. The SMILES string of the molecule is CCn1c(-c2ccc3c(c2)OCCO3)cnc1SCc1cc(=O)n2cc(Br)ccc2n1. The van der Waals surface area contributed by atoms with Gasteiger partial charge in [-0.05, 0) is 53.2 Å². The van der Waals surface area contributed by atoms with E-state index < -0.39 is 0 Å². The van der Waals surface area contributed by atoms with E-state index in [1.165, 1.54) is 4.40 Å². The van der Waals surface area contributed by atoms with E-state index in [1.54, 1.807) is 24.0 Å². The van der Waals surface area contributed by atoms with E-state index in [4.69, 9.17) is 9.47 Å². The summed E-state index contributed by atoms with van der Waals surface area (Å²) >= 11 is 4.95. The van der Waals surface area contributed by atoms with E-state index in [0.717, 1.165) is 44.6 Å². The summed E-state index contributed by atoms with van der Waals surface area (Å²) in [5, 5.41) is 0.880. The van der Waals surface area contributed by atoms with Gasteiger partial charge in [0.15, 0.2) is 16.7 Å². The number of benzene rings is 1. The van der Waals surface area contributed by atoms with Crippen LogP contribution >= 0.6 is 27.7 Å². The summed E-state index contributed by atoms with van der Waals surface area (Å²) < 4.78 is 15.9. The Kier molecular flexibility index (Phi) is 5.45. The zero-order valence-corrected chi connectivity index (χ0v) is 19.1. The van der Waals surface area contributed by atoms with Gasteiger partial charge in [-0.2, -0.15) is 0 Å².